The maximum Gasteiger partial charge on any atom is 0.422 e. The zero-order valence-electron chi connectivity index (χ0n) is 12.9. The van der Waals surface area contributed by atoms with Gasteiger partial charge >= 0.3 is 6.18 Å². The summed E-state index contributed by atoms with van der Waals surface area (Å²) < 4.78 is 63.8. The topological polar surface area (TPSA) is 76.6 Å². The van der Waals surface area contributed by atoms with Gasteiger partial charge in [-0.3, -0.25) is 4.79 Å². The Hall–Kier alpha value is -1.84. The van der Waals surface area contributed by atoms with Gasteiger partial charge in [0.1, 0.15) is 0 Å². The average Bonchev–Trinajstić information content (AvgIpc) is 2.85. The minimum Gasteiger partial charge on any atom is -0.468 e. The molecule has 1 saturated heterocycles. The fourth-order valence-corrected chi connectivity index (χ4v) is 4.23. The Morgan fingerprint density at radius 2 is 2.12 bits per heavy atom. The van der Waals surface area contributed by atoms with Gasteiger partial charge in [-0.25, -0.2) is 13.4 Å². The maximum atomic E-state index is 12.5. The molecule has 0 bridgehead atoms. The van der Waals surface area contributed by atoms with Crippen LogP contribution in [0.5, 0.6) is 5.88 Å². The van der Waals surface area contributed by atoms with Gasteiger partial charge in [0.2, 0.25) is 5.88 Å². The number of carbonyl (C=O) groups is 1. The van der Waals surface area contributed by atoms with Crippen molar-refractivity contribution in [2.24, 2.45) is 0 Å². The largest absolute Gasteiger partial charge is 0.468 e. The quantitative estimate of drug-likeness (QED) is 0.792. The van der Waals surface area contributed by atoms with Crippen LogP contribution in [0.3, 0.4) is 0 Å². The number of carbonyl (C=O) groups excluding carboxylic acids is 1. The lowest BCUT2D eigenvalue weighted by molar-refractivity contribution is -0.154. The van der Waals surface area contributed by atoms with Gasteiger partial charge in [-0.1, -0.05) is 0 Å². The van der Waals surface area contributed by atoms with Crippen molar-refractivity contribution in [3.63, 3.8) is 0 Å². The minimum atomic E-state index is -4.47. The Balaban J connectivity index is 2.05. The number of hydrogen-bond donors (Lipinski definition) is 0. The smallest absolute Gasteiger partial charge is 0.422 e. The lowest BCUT2D eigenvalue weighted by Crippen LogP contribution is -2.41. The number of rotatable bonds is 5. The lowest BCUT2D eigenvalue weighted by atomic mass is 10.1. The second-order valence-corrected chi connectivity index (χ2v) is 7.67. The first-order chi connectivity index (χ1) is 11.1. The predicted molar refractivity (Wildman–Crippen MR) is 79.6 cm³/mol. The summed E-state index contributed by atoms with van der Waals surface area (Å²) in [5, 5.41) is 0. The number of nitrogens with zero attached hydrogens (tertiary/aromatic N) is 2. The molecule has 10 heteroatoms. The first-order valence-electron chi connectivity index (χ1n) is 7.28. The van der Waals surface area contributed by atoms with E-state index in [4.69, 9.17) is 0 Å². The number of halogens is 3. The Morgan fingerprint density at radius 3 is 2.58 bits per heavy atom. The number of amides is 1. The fraction of sp³-hybridized carbons (Fsp3) is 0.571. The second kappa shape index (κ2) is 6.96. The summed E-state index contributed by atoms with van der Waals surface area (Å²) in [4.78, 5) is 17.6. The summed E-state index contributed by atoms with van der Waals surface area (Å²) in [5.74, 6) is -0.679. The molecule has 1 amide bonds. The Morgan fingerprint density at radius 1 is 1.42 bits per heavy atom. The molecule has 0 spiro atoms. The Kier molecular flexibility index (Phi) is 5.36. The molecular formula is C14H17F3N2O4S. The van der Waals surface area contributed by atoms with Crippen LogP contribution in [-0.2, 0) is 9.84 Å². The van der Waals surface area contributed by atoms with Crippen LogP contribution in [0, 0.1) is 0 Å². The molecule has 1 atom stereocenters. The second-order valence-electron chi connectivity index (χ2n) is 5.44. The highest BCUT2D eigenvalue weighted by Crippen LogP contribution is 2.21. The van der Waals surface area contributed by atoms with Gasteiger partial charge in [-0.05, 0) is 19.4 Å². The molecule has 0 aliphatic carbocycles. The van der Waals surface area contributed by atoms with E-state index in [0.717, 1.165) is 6.20 Å². The lowest BCUT2D eigenvalue weighted by Gasteiger charge is -2.26. The van der Waals surface area contributed by atoms with Crippen molar-refractivity contribution in [2.45, 2.75) is 25.6 Å². The van der Waals surface area contributed by atoms with Crippen molar-refractivity contribution in [1.29, 1.82) is 0 Å². The predicted octanol–water partition coefficient (Wildman–Crippen LogP) is 1.67. The van der Waals surface area contributed by atoms with E-state index in [9.17, 15) is 26.4 Å². The SMILES string of the molecule is CCN(C(=O)c1ccc(OCC(F)(F)F)nc1)C1CCS(=O)(=O)C1. The molecule has 2 rings (SSSR count). The highest BCUT2D eigenvalue weighted by molar-refractivity contribution is 7.91. The van der Waals surface area contributed by atoms with E-state index in [2.05, 4.69) is 9.72 Å². The third-order valence-corrected chi connectivity index (χ3v) is 5.37. The zero-order chi connectivity index (χ0) is 18.0. The third-order valence-electron chi connectivity index (χ3n) is 3.62. The van der Waals surface area contributed by atoms with E-state index >= 15 is 0 Å². The van der Waals surface area contributed by atoms with Crippen molar-refractivity contribution in [3.8, 4) is 5.88 Å². The first-order valence-corrected chi connectivity index (χ1v) is 9.10. The standard InChI is InChI=1S/C14H17F3N2O4S/c1-2-19(11-5-6-24(21,22)8-11)13(20)10-3-4-12(18-7-10)23-9-14(15,16)17/h3-4,7,11H,2,5-6,8-9H2,1H3. The van der Waals surface area contributed by atoms with Crippen LogP contribution in [0.15, 0.2) is 18.3 Å². The van der Waals surface area contributed by atoms with Crippen LogP contribution in [0.4, 0.5) is 13.2 Å². The van der Waals surface area contributed by atoms with Crippen molar-refractivity contribution < 1.29 is 31.1 Å². The normalized spacial score (nSPS) is 19.9. The Labute approximate surface area is 137 Å². The molecule has 2 heterocycles. The fourth-order valence-electron chi connectivity index (χ4n) is 2.50. The summed E-state index contributed by atoms with van der Waals surface area (Å²) in [6.07, 6.45) is -2.97. The molecule has 1 aromatic rings. The van der Waals surface area contributed by atoms with Crippen molar-refractivity contribution in [1.82, 2.24) is 9.88 Å². The minimum absolute atomic E-state index is 0.0456. The molecule has 6 nitrogen and oxygen atoms in total. The highest BCUT2D eigenvalue weighted by Gasteiger charge is 2.34. The van der Waals surface area contributed by atoms with E-state index in [1.807, 2.05) is 0 Å². The number of pyridine rings is 1. The molecular weight excluding hydrogens is 349 g/mol. The van der Waals surface area contributed by atoms with Gasteiger partial charge in [0, 0.05) is 24.8 Å². The molecule has 1 aliphatic heterocycles. The molecule has 1 aliphatic rings. The van der Waals surface area contributed by atoms with Crippen molar-refractivity contribution in [3.05, 3.63) is 23.9 Å². The molecule has 24 heavy (non-hydrogen) atoms. The summed E-state index contributed by atoms with van der Waals surface area (Å²) in [6, 6.07) is 2.10. The number of aromatic nitrogens is 1. The van der Waals surface area contributed by atoms with Crippen LogP contribution in [-0.4, -0.2) is 61.1 Å². The average molecular weight is 366 g/mol. The Bertz CT molecular complexity index is 689. The van der Waals surface area contributed by atoms with Gasteiger partial charge in [-0.15, -0.1) is 0 Å². The van der Waals surface area contributed by atoms with Gasteiger partial charge in [0.25, 0.3) is 5.91 Å². The molecule has 1 aromatic heterocycles. The van der Waals surface area contributed by atoms with Gasteiger partial charge in [0.05, 0.1) is 17.1 Å². The van der Waals surface area contributed by atoms with E-state index in [-0.39, 0.29) is 22.9 Å². The van der Waals surface area contributed by atoms with Crippen molar-refractivity contribution in [2.75, 3.05) is 24.7 Å². The molecule has 0 aromatic carbocycles. The first kappa shape index (κ1) is 18.5. The van der Waals surface area contributed by atoms with Crippen molar-refractivity contribution >= 4 is 15.7 Å². The van der Waals surface area contributed by atoms with E-state index in [1.54, 1.807) is 6.92 Å². The van der Waals surface area contributed by atoms with E-state index in [0.29, 0.717) is 13.0 Å². The molecule has 0 radical (unpaired) electrons. The summed E-state index contributed by atoms with van der Waals surface area (Å²) in [5.41, 5.74) is 0.167. The third kappa shape index (κ3) is 4.83. The maximum absolute atomic E-state index is 12.5. The number of hydrogen-bond acceptors (Lipinski definition) is 5. The summed E-state index contributed by atoms with van der Waals surface area (Å²) in [7, 11) is -3.13. The molecule has 1 unspecified atom stereocenters. The monoisotopic (exact) mass is 366 g/mol. The van der Waals surface area contributed by atoms with Gasteiger partial charge < -0.3 is 9.64 Å². The number of sulfone groups is 1. The molecule has 134 valence electrons. The number of alkyl halides is 3. The zero-order valence-corrected chi connectivity index (χ0v) is 13.7. The van der Waals surface area contributed by atoms with Gasteiger partial charge in [0.15, 0.2) is 16.4 Å². The molecule has 0 saturated carbocycles. The number of ether oxygens (including phenoxy) is 1. The van der Waals surface area contributed by atoms with Crippen LogP contribution in [0.1, 0.15) is 23.7 Å². The van der Waals surface area contributed by atoms with E-state index < -0.39 is 34.6 Å². The van der Waals surface area contributed by atoms with Crippen LogP contribution in [0.2, 0.25) is 0 Å². The van der Waals surface area contributed by atoms with Crippen LogP contribution in [0.25, 0.3) is 0 Å². The summed E-state index contributed by atoms with van der Waals surface area (Å²) >= 11 is 0. The van der Waals surface area contributed by atoms with Crippen LogP contribution < -0.4 is 4.74 Å². The molecule has 0 N–H and O–H groups in total. The van der Waals surface area contributed by atoms with Gasteiger partial charge in [-0.2, -0.15) is 13.2 Å². The van der Waals surface area contributed by atoms with Crippen LogP contribution >= 0.6 is 0 Å². The molecule has 1 fully saturated rings. The highest BCUT2D eigenvalue weighted by atomic mass is 32.2. The van der Waals surface area contributed by atoms with E-state index in [1.165, 1.54) is 17.0 Å². The summed E-state index contributed by atoms with van der Waals surface area (Å²) in [6.45, 7) is 0.594.